The monoisotopic (exact) mass is 688 g/mol. The lowest BCUT2D eigenvalue weighted by Crippen LogP contribution is -2.50. The summed E-state index contributed by atoms with van der Waals surface area (Å²) in [5, 5.41) is 19.4. The first-order valence-corrected chi connectivity index (χ1v) is 18.4. The van der Waals surface area contributed by atoms with Crippen molar-refractivity contribution in [2.45, 2.75) is 51.0 Å². The van der Waals surface area contributed by atoms with Gasteiger partial charge in [-0.1, -0.05) is 17.7 Å². The highest BCUT2D eigenvalue weighted by Crippen LogP contribution is 2.33. The molecule has 0 spiro atoms. The zero-order valence-electron chi connectivity index (χ0n) is 26.6. The van der Waals surface area contributed by atoms with E-state index in [0.717, 1.165) is 69.1 Å². The lowest BCUT2D eigenvalue weighted by Gasteiger charge is -2.40. The molecule has 0 aliphatic carbocycles. The molecule has 47 heavy (non-hydrogen) atoms. The maximum atomic E-state index is 13.3. The van der Waals surface area contributed by atoms with Gasteiger partial charge in [-0.15, -0.1) is 0 Å². The number of aromatic nitrogens is 2. The topological polar surface area (TPSA) is 120 Å². The van der Waals surface area contributed by atoms with E-state index in [1.165, 1.54) is 34.8 Å². The van der Waals surface area contributed by atoms with Gasteiger partial charge in [0.1, 0.15) is 5.82 Å². The molecule has 1 unspecified atom stereocenters. The van der Waals surface area contributed by atoms with E-state index in [4.69, 9.17) is 21.4 Å². The minimum absolute atomic E-state index is 0.127. The summed E-state index contributed by atoms with van der Waals surface area (Å²) < 4.78 is 47.1. The van der Waals surface area contributed by atoms with Gasteiger partial charge >= 0.3 is 0 Å². The Labute approximate surface area is 280 Å². The van der Waals surface area contributed by atoms with Crippen molar-refractivity contribution >= 4 is 27.5 Å². The number of sulfonamides is 1. The third kappa shape index (κ3) is 8.22. The first kappa shape index (κ1) is 34.0. The highest BCUT2D eigenvalue weighted by molar-refractivity contribution is 7.88. The van der Waals surface area contributed by atoms with Crippen molar-refractivity contribution in [3.63, 3.8) is 0 Å². The number of nitrogens with one attached hydrogen (secondary N) is 1. The molecule has 3 aliphatic heterocycles. The fourth-order valence-corrected chi connectivity index (χ4v) is 7.80. The molecule has 254 valence electrons. The summed E-state index contributed by atoms with van der Waals surface area (Å²) >= 11 is 6.52. The number of piperidine rings is 1. The molecule has 1 amide bonds. The molecule has 1 aromatic heterocycles. The zero-order chi connectivity index (χ0) is 33.1. The number of aliphatic hydroxyl groups excluding tert-OH is 1. The summed E-state index contributed by atoms with van der Waals surface area (Å²) in [5.41, 5.74) is 4.03. The number of rotatable bonds is 10. The van der Waals surface area contributed by atoms with E-state index in [-0.39, 0.29) is 19.0 Å². The van der Waals surface area contributed by atoms with E-state index in [1.54, 1.807) is 6.07 Å². The van der Waals surface area contributed by atoms with Gasteiger partial charge in [0.05, 0.1) is 37.8 Å². The molecule has 3 aliphatic rings. The summed E-state index contributed by atoms with van der Waals surface area (Å²) in [6, 6.07) is 11.2. The van der Waals surface area contributed by atoms with Crippen molar-refractivity contribution in [3.8, 4) is 11.3 Å². The maximum Gasteiger partial charge on any atom is 0.251 e. The molecule has 14 heteroatoms. The molecule has 0 bridgehead atoms. The molecule has 2 N–H and O–H groups in total. The van der Waals surface area contributed by atoms with Crippen LogP contribution >= 0.6 is 11.6 Å². The molecular formula is C33H42ClFN6O5S. The molecule has 0 saturated carbocycles. The van der Waals surface area contributed by atoms with E-state index in [1.807, 2.05) is 16.8 Å². The number of benzene rings is 2. The van der Waals surface area contributed by atoms with Crippen molar-refractivity contribution < 1.29 is 27.4 Å². The summed E-state index contributed by atoms with van der Waals surface area (Å²) in [6.45, 7) is 6.87. The van der Waals surface area contributed by atoms with Crippen LogP contribution in [0.5, 0.6) is 0 Å². The Kier molecular flexibility index (Phi) is 10.6. The largest absolute Gasteiger partial charge is 0.390 e. The van der Waals surface area contributed by atoms with Crippen molar-refractivity contribution in [1.29, 1.82) is 0 Å². The van der Waals surface area contributed by atoms with Gasteiger partial charge in [0.2, 0.25) is 10.0 Å². The Morgan fingerprint density at radius 1 is 1.09 bits per heavy atom. The predicted molar refractivity (Wildman–Crippen MR) is 177 cm³/mol. The van der Waals surface area contributed by atoms with Crippen molar-refractivity contribution in [3.05, 3.63) is 75.7 Å². The third-order valence-corrected chi connectivity index (χ3v) is 11.0. The molecule has 2 saturated heterocycles. The quantitative estimate of drug-likeness (QED) is 0.334. The minimum Gasteiger partial charge on any atom is -0.390 e. The SMILES string of the molecule is CS(=O)(=O)N1CCc2c(c(-c3ccc(Cl)c(CNC(=O)c4ccc(F)cc4)c3)nn2CC(O)CN2CCC(N3CCOCC3)CC2)C1. The average Bonchev–Trinajstić information content (AvgIpc) is 3.42. The molecule has 2 aromatic carbocycles. The number of β-amino-alcohol motifs (C(OH)–C–C–N with tert-alkyl or cyclic N) is 1. The summed E-state index contributed by atoms with van der Waals surface area (Å²) in [7, 11) is -3.44. The van der Waals surface area contributed by atoms with E-state index >= 15 is 0 Å². The highest BCUT2D eigenvalue weighted by Gasteiger charge is 2.31. The van der Waals surface area contributed by atoms with Crippen LogP contribution in [-0.4, -0.2) is 114 Å². The molecule has 0 radical (unpaired) electrons. The van der Waals surface area contributed by atoms with E-state index in [2.05, 4.69) is 15.1 Å². The molecule has 3 aromatic rings. The highest BCUT2D eigenvalue weighted by atomic mass is 35.5. The van der Waals surface area contributed by atoms with Gasteiger partial charge in [-0.3, -0.25) is 14.4 Å². The van der Waals surface area contributed by atoms with Gasteiger partial charge in [-0.05, 0) is 67.9 Å². The minimum atomic E-state index is -3.44. The smallest absolute Gasteiger partial charge is 0.251 e. The van der Waals surface area contributed by atoms with Crippen molar-refractivity contribution in [2.75, 3.05) is 58.7 Å². The van der Waals surface area contributed by atoms with Gasteiger partial charge in [-0.25, -0.2) is 12.8 Å². The van der Waals surface area contributed by atoms with Crippen LogP contribution in [0.15, 0.2) is 42.5 Å². The standard InChI is InChI=1S/C33H42ClFN6O5S/c1-47(44,45)40-13-10-31-29(22-40)32(24-4-7-30(34)25(18-24)19-36-33(43)23-2-5-26(35)6-3-23)37-41(31)21-28(42)20-38-11-8-27(9-12-38)39-14-16-46-17-15-39/h2-7,18,27-28,42H,8-17,19-22H2,1H3,(H,36,43). The van der Waals surface area contributed by atoms with Gasteiger partial charge in [0.15, 0.2) is 0 Å². The van der Waals surface area contributed by atoms with E-state index in [9.17, 15) is 22.7 Å². The first-order valence-electron chi connectivity index (χ1n) is 16.1. The Bertz CT molecular complexity index is 1670. The molecule has 11 nitrogen and oxygen atoms in total. The number of halogens is 2. The molecular weight excluding hydrogens is 647 g/mol. The summed E-state index contributed by atoms with van der Waals surface area (Å²) in [6.07, 6.45) is 3.17. The van der Waals surface area contributed by atoms with Crippen LogP contribution in [0.3, 0.4) is 0 Å². The normalized spacial score (nSPS) is 19.4. The second-order valence-electron chi connectivity index (χ2n) is 12.6. The number of fused-ring (bicyclic) bond motifs is 1. The van der Waals surface area contributed by atoms with E-state index in [0.29, 0.717) is 53.9 Å². The number of aliphatic hydroxyl groups is 1. The maximum absolute atomic E-state index is 13.3. The van der Waals surface area contributed by atoms with Gasteiger partial charge < -0.3 is 20.1 Å². The Hall–Kier alpha value is -2.91. The van der Waals surface area contributed by atoms with Crippen LogP contribution in [0.25, 0.3) is 11.3 Å². The van der Waals surface area contributed by atoms with Crippen molar-refractivity contribution in [2.24, 2.45) is 0 Å². The van der Waals surface area contributed by atoms with Crippen LogP contribution < -0.4 is 5.32 Å². The number of carbonyl (C=O) groups excluding carboxylic acids is 1. The van der Waals surface area contributed by atoms with Gasteiger partial charge in [0.25, 0.3) is 5.91 Å². The van der Waals surface area contributed by atoms with Gasteiger partial charge in [-0.2, -0.15) is 9.40 Å². The molecule has 6 rings (SSSR count). The van der Waals surface area contributed by atoms with Crippen molar-refractivity contribution in [1.82, 2.24) is 29.2 Å². The second kappa shape index (κ2) is 14.7. The summed E-state index contributed by atoms with van der Waals surface area (Å²) in [4.78, 5) is 17.5. The number of nitrogens with zero attached hydrogens (tertiary/aromatic N) is 5. The average molecular weight is 689 g/mol. The lowest BCUT2D eigenvalue weighted by atomic mass is 10.0. The number of hydrogen-bond donors (Lipinski definition) is 2. The zero-order valence-corrected chi connectivity index (χ0v) is 28.1. The van der Waals surface area contributed by atoms with Crippen LogP contribution in [0.2, 0.25) is 5.02 Å². The van der Waals surface area contributed by atoms with Crippen LogP contribution in [0.1, 0.15) is 40.0 Å². The number of likely N-dealkylation sites (tertiary alicyclic amines) is 1. The number of carbonyl (C=O) groups is 1. The Morgan fingerprint density at radius 3 is 2.51 bits per heavy atom. The Morgan fingerprint density at radius 2 is 1.81 bits per heavy atom. The fourth-order valence-electron chi connectivity index (χ4n) is 6.83. The number of ether oxygens (including phenoxy) is 1. The van der Waals surface area contributed by atoms with Gasteiger partial charge in [0, 0.05) is 79.1 Å². The molecule has 2 fully saturated rings. The predicted octanol–water partition coefficient (Wildman–Crippen LogP) is 2.75. The summed E-state index contributed by atoms with van der Waals surface area (Å²) in [5.74, 6) is -0.789. The fraction of sp³-hybridized carbons (Fsp3) is 0.515. The number of hydrogen-bond acceptors (Lipinski definition) is 8. The number of amides is 1. The molecule has 4 heterocycles. The van der Waals surface area contributed by atoms with E-state index < -0.39 is 21.9 Å². The Balaban J connectivity index is 1.18. The van der Waals surface area contributed by atoms with Crippen LogP contribution in [0, 0.1) is 5.82 Å². The number of morpholine rings is 1. The molecule has 1 atom stereocenters. The first-order chi connectivity index (χ1) is 22.5. The van der Waals surface area contributed by atoms with Crippen LogP contribution in [-0.2, 0) is 40.8 Å². The second-order valence-corrected chi connectivity index (χ2v) is 15.0. The lowest BCUT2D eigenvalue weighted by molar-refractivity contribution is -0.00409. The van der Waals surface area contributed by atoms with Crippen LogP contribution in [0.4, 0.5) is 4.39 Å². The third-order valence-electron chi connectivity index (χ3n) is 9.40.